The van der Waals surface area contributed by atoms with E-state index in [0.717, 1.165) is 10.2 Å². The molecule has 1 N–H and O–H groups in total. The molecule has 0 aromatic heterocycles. The fourth-order valence-corrected chi connectivity index (χ4v) is 1.05. The molecular formula is C10H16O4Si. The molecule has 0 rings (SSSR count). The summed E-state index contributed by atoms with van der Waals surface area (Å²) in [6.07, 6.45) is 1.94. The van der Waals surface area contributed by atoms with Crippen molar-refractivity contribution < 1.29 is 19.4 Å². The minimum Gasteiger partial charge on any atom is -0.478 e. The van der Waals surface area contributed by atoms with Gasteiger partial charge in [-0.2, -0.15) is 0 Å². The minimum atomic E-state index is -0.953. The molecule has 0 fully saturated rings. The maximum absolute atomic E-state index is 11.1. The summed E-state index contributed by atoms with van der Waals surface area (Å²) in [4.78, 5) is 21.5. The summed E-state index contributed by atoms with van der Waals surface area (Å²) in [6.45, 7) is 5.26. The van der Waals surface area contributed by atoms with Crippen molar-refractivity contribution in [2.75, 3.05) is 6.61 Å². The van der Waals surface area contributed by atoms with E-state index in [-0.39, 0.29) is 18.1 Å². The molecule has 0 radical (unpaired) electrons. The van der Waals surface area contributed by atoms with E-state index in [4.69, 9.17) is 9.84 Å². The summed E-state index contributed by atoms with van der Waals surface area (Å²) >= 11 is 0. The zero-order valence-corrected chi connectivity index (χ0v) is 11.1. The predicted octanol–water partition coefficient (Wildman–Crippen LogP) is 0.290. The van der Waals surface area contributed by atoms with Crippen LogP contribution in [0.4, 0.5) is 0 Å². The van der Waals surface area contributed by atoms with Gasteiger partial charge < -0.3 is 9.84 Å². The Hall–Kier alpha value is -1.36. The number of esters is 1. The zero-order chi connectivity index (χ0) is 11.8. The van der Waals surface area contributed by atoms with E-state index < -0.39 is 5.97 Å². The fourth-order valence-electron chi connectivity index (χ4n) is 0.761. The van der Waals surface area contributed by atoms with E-state index in [1.807, 2.05) is 0 Å². The molecule has 0 bridgehead atoms. The maximum atomic E-state index is 11.1. The monoisotopic (exact) mass is 228 g/mol. The van der Waals surface area contributed by atoms with Gasteiger partial charge in [-0.1, -0.05) is 12.7 Å². The highest BCUT2D eigenvalue weighted by molar-refractivity contribution is 6.14. The summed E-state index contributed by atoms with van der Waals surface area (Å²) in [5.41, 5.74) is 0.744. The molecule has 0 aliphatic carbocycles. The molecule has 84 valence electrons. The van der Waals surface area contributed by atoms with E-state index >= 15 is 0 Å². The van der Waals surface area contributed by atoms with Crippen LogP contribution in [0, 0.1) is 0 Å². The first-order chi connectivity index (χ1) is 6.99. The van der Waals surface area contributed by atoms with Crippen LogP contribution in [-0.2, 0) is 14.3 Å². The first-order valence-electron chi connectivity index (χ1n) is 4.74. The quantitative estimate of drug-likeness (QED) is 0.307. The largest absolute Gasteiger partial charge is 0.478 e. The average molecular weight is 228 g/mol. The second kappa shape index (κ2) is 7.00. The van der Waals surface area contributed by atoms with Crippen molar-refractivity contribution in [1.82, 2.24) is 0 Å². The van der Waals surface area contributed by atoms with Gasteiger partial charge in [0, 0.05) is 27.8 Å². The lowest BCUT2D eigenvalue weighted by atomic mass is 10.2. The van der Waals surface area contributed by atoms with Crippen LogP contribution in [0.5, 0.6) is 0 Å². The minimum absolute atomic E-state index is 0.198. The topological polar surface area (TPSA) is 63.6 Å². The zero-order valence-electron chi connectivity index (χ0n) is 9.08. The Morgan fingerprint density at radius 3 is 2.60 bits per heavy atom. The lowest BCUT2D eigenvalue weighted by Crippen LogP contribution is -2.07. The van der Waals surface area contributed by atoms with Gasteiger partial charge >= 0.3 is 11.9 Å². The molecule has 0 saturated heterocycles. The van der Waals surface area contributed by atoms with E-state index in [1.54, 1.807) is 0 Å². The predicted molar refractivity (Wildman–Crippen MR) is 60.9 cm³/mol. The molecule has 15 heavy (non-hydrogen) atoms. The van der Waals surface area contributed by atoms with E-state index in [1.165, 1.54) is 13.0 Å². The third kappa shape index (κ3) is 5.85. The van der Waals surface area contributed by atoms with Gasteiger partial charge in [0.1, 0.15) is 0 Å². The van der Waals surface area contributed by atoms with Crippen molar-refractivity contribution >= 4 is 22.2 Å². The molecule has 0 heterocycles. The molecule has 0 spiro atoms. The number of carboxylic acids is 1. The number of rotatable bonds is 6. The van der Waals surface area contributed by atoms with Crippen LogP contribution in [0.2, 0.25) is 6.04 Å². The van der Waals surface area contributed by atoms with Gasteiger partial charge in [0.25, 0.3) is 0 Å². The maximum Gasteiger partial charge on any atom is 0.333 e. The number of carbonyl (C=O) groups excluding carboxylic acids is 1. The number of carboxylic acid groups (broad SMARTS) is 1. The van der Waals surface area contributed by atoms with E-state index in [0.29, 0.717) is 18.0 Å². The van der Waals surface area contributed by atoms with E-state index in [2.05, 4.69) is 6.58 Å². The Morgan fingerprint density at radius 1 is 1.53 bits per heavy atom. The first-order valence-corrected chi connectivity index (χ1v) is 6.15. The number of aliphatic carboxylic acids is 1. The fraction of sp³-hybridized carbons (Fsp3) is 0.400. The van der Waals surface area contributed by atoms with Crippen LogP contribution in [0.3, 0.4) is 0 Å². The highest BCUT2D eigenvalue weighted by Gasteiger charge is 2.05. The summed E-state index contributed by atoms with van der Waals surface area (Å²) in [5, 5.41) is 8.53. The molecule has 0 amide bonds. The molecule has 4 nitrogen and oxygen atoms in total. The summed E-state index contributed by atoms with van der Waals surface area (Å²) in [6, 6.07) is 0.697. The lowest BCUT2D eigenvalue weighted by molar-refractivity contribution is -0.138. The molecule has 0 aliphatic rings. The van der Waals surface area contributed by atoms with Crippen molar-refractivity contribution in [3.8, 4) is 0 Å². The summed E-state index contributed by atoms with van der Waals surface area (Å²) in [5.74, 6) is -1.34. The van der Waals surface area contributed by atoms with Crippen molar-refractivity contribution in [2.45, 2.75) is 19.4 Å². The first kappa shape index (κ1) is 13.6. The lowest BCUT2D eigenvalue weighted by Gasteiger charge is -2.03. The molecule has 0 atom stereocenters. The summed E-state index contributed by atoms with van der Waals surface area (Å²) < 4.78 is 4.87. The van der Waals surface area contributed by atoms with Gasteiger partial charge in [-0.3, -0.25) is 0 Å². The number of hydrogen-bond donors (Lipinski definition) is 1. The van der Waals surface area contributed by atoms with Gasteiger partial charge in [0.2, 0.25) is 0 Å². The van der Waals surface area contributed by atoms with Gasteiger partial charge in [0.05, 0.1) is 6.61 Å². The van der Waals surface area contributed by atoms with Crippen LogP contribution in [0.25, 0.3) is 0 Å². The standard InChI is InChI=1S/C10H16O4Si/c1-7(9(11)12)4-3-5-14-10(13)8(2)6-15/h4H,2-3,5-6H2,1,15H3,(H,11,12). The van der Waals surface area contributed by atoms with Crippen molar-refractivity contribution in [1.29, 1.82) is 0 Å². The molecule has 0 aliphatic heterocycles. The molecule has 0 aromatic carbocycles. The Balaban J connectivity index is 3.81. The van der Waals surface area contributed by atoms with Crippen LogP contribution in [0.1, 0.15) is 13.3 Å². The van der Waals surface area contributed by atoms with Crippen molar-refractivity contribution in [2.24, 2.45) is 0 Å². The average Bonchev–Trinajstić information content (AvgIpc) is 2.22. The van der Waals surface area contributed by atoms with Gasteiger partial charge in [-0.15, -0.1) is 0 Å². The highest BCUT2D eigenvalue weighted by Crippen LogP contribution is 2.00. The molecule has 0 aromatic rings. The van der Waals surface area contributed by atoms with Crippen molar-refractivity contribution in [3.05, 3.63) is 23.8 Å². The number of carbonyl (C=O) groups is 2. The Labute approximate surface area is 92.0 Å². The normalized spacial score (nSPS) is 11.1. The Kier molecular flexibility index (Phi) is 6.36. The second-order valence-electron chi connectivity index (χ2n) is 3.07. The third-order valence-corrected chi connectivity index (χ3v) is 2.71. The van der Waals surface area contributed by atoms with Crippen LogP contribution >= 0.6 is 0 Å². The Morgan fingerprint density at radius 2 is 2.13 bits per heavy atom. The van der Waals surface area contributed by atoms with Crippen LogP contribution < -0.4 is 0 Å². The van der Waals surface area contributed by atoms with Crippen LogP contribution in [-0.4, -0.2) is 33.9 Å². The second-order valence-corrected chi connectivity index (χ2v) is 3.78. The molecular weight excluding hydrogens is 212 g/mol. The number of ether oxygens (including phenoxy) is 1. The van der Waals surface area contributed by atoms with Crippen molar-refractivity contribution in [3.63, 3.8) is 0 Å². The highest BCUT2D eigenvalue weighted by atomic mass is 28.1. The van der Waals surface area contributed by atoms with Crippen LogP contribution in [0.15, 0.2) is 23.8 Å². The van der Waals surface area contributed by atoms with Gasteiger partial charge in [-0.05, 0) is 13.0 Å². The molecule has 5 heteroatoms. The van der Waals surface area contributed by atoms with Gasteiger partial charge in [-0.25, -0.2) is 9.59 Å². The SMILES string of the molecule is C=C(C[SiH3])C(=O)OCCC=C(C)C(=O)O. The number of hydrogen-bond acceptors (Lipinski definition) is 3. The van der Waals surface area contributed by atoms with E-state index in [9.17, 15) is 9.59 Å². The Bertz CT molecular complexity index is 294. The smallest absolute Gasteiger partial charge is 0.333 e. The van der Waals surface area contributed by atoms with Gasteiger partial charge in [0.15, 0.2) is 0 Å². The molecule has 0 saturated carbocycles. The molecule has 0 unspecified atom stereocenters. The summed E-state index contributed by atoms with van der Waals surface area (Å²) in [7, 11) is 0.885. The third-order valence-electron chi connectivity index (χ3n) is 1.85.